The molecule has 1 amide bonds. The summed E-state index contributed by atoms with van der Waals surface area (Å²) in [5.74, 6) is -0.429. The van der Waals surface area contributed by atoms with Crippen molar-refractivity contribution in [1.82, 2.24) is 19.7 Å². The molecule has 0 aliphatic rings. The number of amides is 1. The summed E-state index contributed by atoms with van der Waals surface area (Å²) in [6, 6.07) is 13.4. The van der Waals surface area contributed by atoms with E-state index in [2.05, 4.69) is 19.7 Å². The molecule has 0 saturated carbocycles. The average Bonchev–Trinajstić information content (AvgIpc) is 3.23. The van der Waals surface area contributed by atoms with Gasteiger partial charge in [-0.2, -0.15) is 5.10 Å². The van der Waals surface area contributed by atoms with Gasteiger partial charge in [0.1, 0.15) is 0 Å². The largest absolute Gasteiger partial charge is 0.366 e. The molecule has 3 heterocycles. The minimum absolute atomic E-state index is 0.429. The maximum atomic E-state index is 11.4. The lowest BCUT2D eigenvalue weighted by molar-refractivity contribution is 0.100. The molecular formula is C18H15N5O. The van der Waals surface area contributed by atoms with Crippen LogP contribution in [0.15, 0.2) is 61.1 Å². The summed E-state index contributed by atoms with van der Waals surface area (Å²) in [7, 11) is 0. The van der Waals surface area contributed by atoms with Gasteiger partial charge >= 0.3 is 0 Å². The van der Waals surface area contributed by atoms with E-state index in [-0.39, 0.29) is 0 Å². The van der Waals surface area contributed by atoms with Crippen LogP contribution in [0.2, 0.25) is 0 Å². The van der Waals surface area contributed by atoms with Gasteiger partial charge in [0.2, 0.25) is 5.91 Å². The van der Waals surface area contributed by atoms with Crippen LogP contribution >= 0.6 is 0 Å². The molecule has 4 rings (SSSR count). The van der Waals surface area contributed by atoms with E-state index in [0.29, 0.717) is 12.1 Å². The number of carbonyl (C=O) groups excluding carboxylic acids is 1. The number of nitrogens with two attached hydrogens (primary N) is 1. The Morgan fingerprint density at radius 2 is 1.92 bits per heavy atom. The molecule has 0 saturated heterocycles. The van der Waals surface area contributed by atoms with Crippen LogP contribution in [0.1, 0.15) is 15.9 Å². The van der Waals surface area contributed by atoms with Gasteiger partial charge in [-0.25, -0.2) is 0 Å². The second-order valence-corrected chi connectivity index (χ2v) is 5.58. The zero-order chi connectivity index (χ0) is 16.5. The number of carbonyl (C=O) groups is 1. The van der Waals surface area contributed by atoms with E-state index in [0.717, 1.165) is 27.9 Å². The molecule has 6 heteroatoms. The minimum Gasteiger partial charge on any atom is -0.366 e. The summed E-state index contributed by atoms with van der Waals surface area (Å²) in [6.07, 6.45) is 5.28. The molecule has 24 heavy (non-hydrogen) atoms. The van der Waals surface area contributed by atoms with Crippen LogP contribution < -0.4 is 5.73 Å². The van der Waals surface area contributed by atoms with Gasteiger partial charge in [-0.3, -0.25) is 14.9 Å². The molecule has 0 fully saturated rings. The number of H-pyrrole nitrogens is 1. The zero-order valence-corrected chi connectivity index (χ0v) is 12.8. The molecule has 4 aromatic rings. The maximum Gasteiger partial charge on any atom is 0.248 e. The molecule has 0 bridgehead atoms. The van der Waals surface area contributed by atoms with Crippen LogP contribution in [0.4, 0.5) is 0 Å². The van der Waals surface area contributed by atoms with Crippen molar-refractivity contribution >= 4 is 16.8 Å². The van der Waals surface area contributed by atoms with Gasteiger partial charge in [-0.05, 0) is 48.0 Å². The van der Waals surface area contributed by atoms with E-state index in [1.165, 1.54) is 0 Å². The fourth-order valence-electron chi connectivity index (χ4n) is 2.89. The van der Waals surface area contributed by atoms with Gasteiger partial charge in [0.25, 0.3) is 0 Å². The lowest BCUT2D eigenvalue weighted by Gasteiger charge is -2.10. The first kappa shape index (κ1) is 14.2. The molecular weight excluding hydrogens is 302 g/mol. The molecule has 0 aliphatic heterocycles. The van der Waals surface area contributed by atoms with Gasteiger partial charge in [0.05, 0.1) is 11.4 Å². The van der Waals surface area contributed by atoms with Gasteiger partial charge in [-0.15, -0.1) is 0 Å². The van der Waals surface area contributed by atoms with Crippen molar-refractivity contribution in [3.63, 3.8) is 0 Å². The van der Waals surface area contributed by atoms with E-state index < -0.39 is 5.91 Å². The van der Waals surface area contributed by atoms with Crippen molar-refractivity contribution in [3.05, 3.63) is 72.2 Å². The second kappa shape index (κ2) is 5.66. The molecule has 118 valence electrons. The highest BCUT2D eigenvalue weighted by Crippen LogP contribution is 2.28. The van der Waals surface area contributed by atoms with Crippen molar-refractivity contribution in [2.24, 2.45) is 5.73 Å². The molecule has 3 N–H and O–H groups in total. The Kier molecular flexibility index (Phi) is 3.35. The third-order valence-corrected chi connectivity index (χ3v) is 4.05. The molecule has 0 aliphatic carbocycles. The molecule has 6 nitrogen and oxygen atoms in total. The first-order chi connectivity index (χ1) is 11.7. The first-order valence-electron chi connectivity index (χ1n) is 7.54. The number of rotatable bonds is 4. The summed E-state index contributed by atoms with van der Waals surface area (Å²) >= 11 is 0. The quantitative estimate of drug-likeness (QED) is 0.606. The molecule has 1 aromatic carbocycles. The van der Waals surface area contributed by atoms with Gasteiger partial charge in [-0.1, -0.05) is 0 Å². The summed E-state index contributed by atoms with van der Waals surface area (Å²) < 4.78 is 2.18. The smallest absolute Gasteiger partial charge is 0.248 e. The Hall–Kier alpha value is -3.41. The van der Waals surface area contributed by atoms with Crippen LogP contribution in [0.5, 0.6) is 0 Å². The predicted octanol–water partition coefficient (Wildman–Crippen LogP) is 2.57. The summed E-state index contributed by atoms with van der Waals surface area (Å²) in [5, 5.41) is 8.01. The van der Waals surface area contributed by atoms with E-state index >= 15 is 0 Å². The number of primary amides is 1. The van der Waals surface area contributed by atoms with Crippen LogP contribution in [0.25, 0.3) is 22.3 Å². The van der Waals surface area contributed by atoms with Crippen LogP contribution in [0.3, 0.4) is 0 Å². The lowest BCUT2D eigenvalue weighted by Crippen LogP contribution is -2.10. The minimum atomic E-state index is -0.429. The summed E-state index contributed by atoms with van der Waals surface area (Å²) in [5.41, 5.74) is 9.99. The number of aromatic amines is 1. The monoisotopic (exact) mass is 317 g/mol. The fourth-order valence-corrected chi connectivity index (χ4v) is 2.89. The summed E-state index contributed by atoms with van der Waals surface area (Å²) in [4.78, 5) is 15.5. The SMILES string of the molecule is NC(=O)c1ccc2c(c1)cc(-c1ccn[nH]1)n2Cc1ccncc1. The molecule has 3 aromatic heterocycles. The van der Waals surface area contributed by atoms with Crippen molar-refractivity contribution in [2.75, 3.05) is 0 Å². The van der Waals surface area contributed by atoms with Crippen LogP contribution in [-0.2, 0) is 6.54 Å². The fraction of sp³-hybridized carbons (Fsp3) is 0.0556. The first-order valence-corrected chi connectivity index (χ1v) is 7.54. The van der Waals surface area contributed by atoms with E-state index in [4.69, 9.17) is 5.73 Å². The van der Waals surface area contributed by atoms with Crippen molar-refractivity contribution < 1.29 is 4.79 Å². The van der Waals surface area contributed by atoms with Crippen LogP contribution in [-0.4, -0.2) is 25.7 Å². The molecule has 0 spiro atoms. The molecule has 0 atom stereocenters. The van der Waals surface area contributed by atoms with Gasteiger partial charge < -0.3 is 10.3 Å². The average molecular weight is 317 g/mol. The van der Waals surface area contributed by atoms with Crippen molar-refractivity contribution in [1.29, 1.82) is 0 Å². The Labute approximate surface area is 137 Å². The van der Waals surface area contributed by atoms with E-state index in [1.807, 2.05) is 36.4 Å². The number of pyridine rings is 1. The molecule has 0 unspecified atom stereocenters. The Morgan fingerprint density at radius 3 is 2.62 bits per heavy atom. The Morgan fingerprint density at radius 1 is 1.08 bits per heavy atom. The van der Waals surface area contributed by atoms with E-state index in [1.54, 1.807) is 24.7 Å². The van der Waals surface area contributed by atoms with Gasteiger partial charge in [0.15, 0.2) is 0 Å². The number of hydrogen-bond acceptors (Lipinski definition) is 3. The number of aromatic nitrogens is 4. The van der Waals surface area contributed by atoms with Crippen molar-refractivity contribution in [2.45, 2.75) is 6.54 Å². The number of fused-ring (bicyclic) bond motifs is 1. The van der Waals surface area contributed by atoms with Crippen LogP contribution in [0, 0.1) is 0 Å². The van der Waals surface area contributed by atoms with E-state index in [9.17, 15) is 4.79 Å². The topological polar surface area (TPSA) is 89.6 Å². The number of hydrogen-bond donors (Lipinski definition) is 2. The highest BCUT2D eigenvalue weighted by Gasteiger charge is 2.13. The highest BCUT2D eigenvalue weighted by atomic mass is 16.1. The summed E-state index contributed by atoms with van der Waals surface area (Å²) in [6.45, 7) is 0.691. The normalized spacial score (nSPS) is 11.0. The number of nitrogens with one attached hydrogen (secondary N) is 1. The number of benzene rings is 1. The highest BCUT2D eigenvalue weighted by molar-refractivity contribution is 5.98. The predicted molar refractivity (Wildman–Crippen MR) is 91.4 cm³/mol. The lowest BCUT2D eigenvalue weighted by atomic mass is 10.1. The third-order valence-electron chi connectivity index (χ3n) is 4.05. The third kappa shape index (κ3) is 2.44. The number of nitrogens with zero attached hydrogens (tertiary/aromatic N) is 3. The van der Waals surface area contributed by atoms with Crippen molar-refractivity contribution in [3.8, 4) is 11.4 Å². The van der Waals surface area contributed by atoms with Gasteiger partial charge in [0, 0.05) is 41.6 Å². The molecule has 0 radical (unpaired) electrons. The zero-order valence-electron chi connectivity index (χ0n) is 12.8. The maximum absolute atomic E-state index is 11.4. The standard InChI is InChI=1S/C18H15N5O/c19-18(24)13-1-2-16-14(9-13)10-17(15-5-8-21-22-15)23(16)11-12-3-6-20-7-4-12/h1-10H,11H2,(H2,19,24)(H,21,22). The second-order valence-electron chi connectivity index (χ2n) is 5.58. The Balaban J connectivity index is 1.91. The Bertz CT molecular complexity index is 1000.